The Balaban J connectivity index is 1.89. The molecule has 1 N–H and O–H groups in total. The Morgan fingerprint density at radius 2 is 2.24 bits per heavy atom. The number of anilines is 1. The van der Waals surface area contributed by atoms with Gasteiger partial charge in [-0.25, -0.2) is 4.98 Å². The van der Waals surface area contributed by atoms with Crippen molar-refractivity contribution in [1.82, 2.24) is 4.98 Å². The molecule has 2 heterocycles. The third-order valence-electron chi connectivity index (χ3n) is 3.37. The van der Waals surface area contributed by atoms with E-state index < -0.39 is 10.9 Å². The number of pyridine rings is 1. The van der Waals surface area contributed by atoms with Gasteiger partial charge in [-0.2, -0.15) is 0 Å². The Morgan fingerprint density at radius 3 is 2.86 bits per heavy atom. The molecule has 0 unspecified atom stereocenters. The van der Waals surface area contributed by atoms with Crippen molar-refractivity contribution in [3.63, 3.8) is 0 Å². The van der Waals surface area contributed by atoms with Crippen molar-refractivity contribution in [1.29, 1.82) is 0 Å². The van der Waals surface area contributed by atoms with E-state index in [9.17, 15) is 14.9 Å². The molecule has 1 fully saturated rings. The van der Waals surface area contributed by atoms with Crippen LogP contribution in [0.3, 0.4) is 0 Å². The minimum absolute atomic E-state index is 0.00254. The van der Waals surface area contributed by atoms with Crippen molar-refractivity contribution in [2.75, 3.05) is 24.6 Å². The van der Waals surface area contributed by atoms with Crippen molar-refractivity contribution in [2.24, 2.45) is 0 Å². The molecule has 1 aromatic heterocycles. The van der Waals surface area contributed by atoms with Crippen LogP contribution in [-0.4, -0.2) is 46.8 Å². The Bertz CT molecular complexity index is 514. The first-order chi connectivity index (χ1) is 10.1. The zero-order valence-corrected chi connectivity index (χ0v) is 11.5. The quantitative estimate of drug-likeness (QED) is 0.625. The van der Waals surface area contributed by atoms with E-state index in [1.807, 2.05) is 4.90 Å². The van der Waals surface area contributed by atoms with Gasteiger partial charge < -0.3 is 14.7 Å². The number of ether oxygens (including phenoxy) is 1. The summed E-state index contributed by atoms with van der Waals surface area (Å²) in [6.45, 7) is 1.41. The summed E-state index contributed by atoms with van der Waals surface area (Å²) >= 11 is 0. The van der Waals surface area contributed by atoms with Crippen LogP contribution < -0.4 is 4.90 Å². The molecule has 1 aliphatic heterocycles. The SMILES string of the molecule is O=C(O)CCOC1CCN(c2ncccc2[N+](=O)[O-])CC1. The van der Waals surface area contributed by atoms with Crippen LogP contribution in [0.5, 0.6) is 0 Å². The van der Waals surface area contributed by atoms with Gasteiger partial charge in [0.15, 0.2) is 0 Å². The van der Waals surface area contributed by atoms with Gasteiger partial charge in [-0.1, -0.05) is 0 Å². The van der Waals surface area contributed by atoms with Gasteiger partial charge in [-0.3, -0.25) is 14.9 Å². The van der Waals surface area contributed by atoms with Crippen molar-refractivity contribution >= 4 is 17.5 Å². The summed E-state index contributed by atoms with van der Waals surface area (Å²) in [5, 5.41) is 19.5. The Hall–Kier alpha value is -2.22. The largest absolute Gasteiger partial charge is 0.481 e. The van der Waals surface area contributed by atoms with Gasteiger partial charge in [-0.15, -0.1) is 0 Å². The van der Waals surface area contributed by atoms with E-state index in [2.05, 4.69) is 4.98 Å². The van der Waals surface area contributed by atoms with Crippen LogP contribution >= 0.6 is 0 Å². The molecule has 0 spiro atoms. The van der Waals surface area contributed by atoms with Gasteiger partial charge in [0.05, 0.1) is 24.1 Å². The summed E-state index contributed by atoms with van der Waals surface area (Å²) in [6, 6.07) is 2.99. The highest BCUT2D eigenvalue weighted by Crippen LogP contribution is 2.27. The minimum Gasteiger partial charge on any atom is -0.481 e. The molecule has 1 aromatic rings. The maximum absolute atomic E-state index is 11.0. The number of hydrogen-bond donors (Lipinski definition) is 1. The number of hydrogen-bond acceptors (Lipinski definition) is 6. The molecule has 8 heteroatoms. The number of carboxylic acids is 1. The van der Waals surface area contributed by atoms with Gasteiger partial charge in [0.25, 0.3) is 0 Å². The van der Waals surface area contributed by atoms with Crippen molar-refractivity contribution in [3.8, 4) is 0 Å². The Labute approximate surface area is 121 Å². The lowest BCUT2D eigenvalue weighted by atomic mass is 10.1. The lowest BCUT2D eigenvalue weighted by Gasteiger charge is -2.32. The minimum atomic E-state index is -0.878. The number of nitro groups is 1. The summed E-state index contributed by atoms with van der Waals surface area (Å²) in [5.74, 6) is -0.497. The molecule has 0 atom stereocenters. The molecule has 114 valence electrons. The smallest absolute Gasteiger partial charge is 0.311 e. The summed E-state index contributed by atoms with van der Waals surface area (Å²) in [4.78, 5) is 26.9. The molecule has 8 nitrogen and oxygen atoms in total. The second-order valence-corrected chi connectivity index (χ2v) is 4.80. The summed E-state index contributed by atoms with van der Waals surface area (Å²) in [6.07, 6.45) is 2.94. The Morgan fingerprint density at radius 1 is 1.52 bits per heavy atom. The first-order valence-corrected chi connectivity index (χ1v) is 6.75. The number of nitrogens with zero attached hydrogens (tertiary/aromatic N) is 3. The zero-order chi connectivity index (χ0) is 15.2. The molecular formula is C13H17N3O5. The Kier molecular flexibility index (Phi) is 5.04. The first-order valence-electron chi connectivity index (χ1n) is 6.75. The van der Waals surface area contributed by atoms with Crippen LogP contribution in [0.1, 0.15) is 19.3 Å². The monoisotopic (exact) mass is 295 g/mol. The van der Waals surface area contributed by atoms with Crippen molar-refractivity contribution in [2.45, 2.75) is 25.4 Å². The fraction of sp³-hybridized carbons (Fsp3) is 0.538. The van der Waals surface area contributed by atoms with E-state index in [1.54, 1.807) is 6.07 Å². The average molecular weight is 295 g/mol. The highest BCUT2D eigenvalue weighted by atomic mass is 16.6. The molecule has 1 aliphatic rings. The molecule has 0 radical (unpaired) electrons. The predicted octanol–water partition coefficient (Wildman–Crippen LogP) is 1.45. The maximum atomic E-state index is 11.0. The van der Waals surface area contributed by atoms with E-state index in [4.69, 9.17) is 9.84 Å². The summed E-state index contributed by atoms with van der Waals surface area (Å²) in [5.41, 5.74) is 0.00254. The molecule has 0 amide bonds. The topological polar surface area (TPSA) is 106 Å². The zero-order valence-electron chi connectivity index (χ0n) is 11.5. The molecule has 0 aliphatic carbocycles. The van der Waals surface area contributed by atoms with E-state index in [1.165, 1.54) is 12.3 Å². The lowest BCUT2D eigenvalue weighted by molar-refractivity contribution is -0.384. The number of carbonyl (C=O) groups is 1. The van der Waals surface area contributed by atoms with E-state index >= 15 is 0 Å². The van der Waals surface area contributed by atoms with Crippen molar-refractivity contribution < 1.29 is 19.6 Å². The van der Waals surface area contributed by atoms with E-state index in [0.717, 1.165) is 0 Å². The number of carboxylic acid groups (broad SMARTS) is 1. The van der Waals surface area contributed by atoms with Crippen LogP contribution in [0.4, 0.5) is 11.5 Å². The lowest BCUT2D eigenvalue weighted by Crippen LogP contribution is -2.38. The number of aromatic nitrogens is 1. The van der Waals surface area contributed by atoms with Crippen LogP contribution in [0.25, 0.3) is 0 Å². The molecular weight excluding hydrogens is 278 g/mol. The fourth-order valence-corrected chi connectivity index (χ4v) is 2.32. The van der Waals surface area contributed by atoms with Gasteiger partial charge >= 0.3 is 11.7 Å². The number of rotatable bonds is 6. The van der Waals surface area contributed by atoms with Crippen LogP contribution in [0, 0.1) is 10.1 Å². The third-order valence-corrected chi connectivity index (χ3v) is 3.37. The molecule has 0 saturated carbocycles. The van der Waals surface area contributed by atoms with Crippen molar-refractivity contribution in [3.05, 3.63) is 28.4 Å². The van der Waals surface area contributed by atoms with Crippen LogP contribution in [-0.2, 0) is 9.53 Å². The average Bonchev–Trinajstić information content (AvgIpc) is 2.47. The normalized spacial score (nSPS) is 15.9. The number of aliphatic carboxylic acids is 1. The molecule has 0 aromatic carbocycles. The second kappa shape index (κ2) is 6.98. The first kappa shape index (κ1) is 15.2. The molecule has 21 heavy (non-hydrogen) atoms. The third kappa shape index (κ3) is 4.12. The molecule has 2 rings (SSSR count). The van der Waals surface area contributed by atoms with E-state index in [0.29, 0.717) is 31.7 Å². The van der Waals surface area contributed by atoms with Gasteiger partial charge in [-0.05, 0) is 18.9 Å². The highest BCUT2D eigenvalue weighted by molar-refractivity contribution is 5.66. The van der Waals surface area contributed by atoms with Gasteiger partial charge in [0.2, 0.25) is 5.82 Å². The van der Waals surface area contributed by atoms with Crippen LogP contribution in [0.2, 0.25) is 0 Å². The predicted molar refractivity (Wildman–Crippen MR) is 74.3 cm³/mol. The van der Waals surface area contributed by atoms with Crippen LogP contribution in [0.15, 0.2) is 18.3 Å². The molecule has 1 saturated heterocycles. The molecule has 0 bridgehead atoms. The maximum Gasteiger partial charge on any atom is 0.311 e. The standard InChI is InChI=1S/C13H17N3O5/c17-12(18)5-9-21-10-3-7-15(8-4-10)13-11(16(19)20)2-1-6-14-13/h1-2,6,10H,3-5,7-9H2,(H,17,18). The summed E-state index contributed by atoms with van der Waals surface area (Å²) in [7, 11) is 0. The highest BCUT2D eigenvalue weighted by Gasteiger charge is 2.25. The summed E-state index contributed by atoms with van der Waals surface area (Å²) < 4.78 is 5.49. The number of piperidine rings is 1. The van der Waals surface area contributed by atoms with Gasteiger partial charge in [0.1, 0.15) is 0 Å². The fourth-order valence-electron chi connectivity index (χ4n) is 2.32. The van der Waals surface area contributed by atoms with Gasteiger partial charge in [0, 0.05) is 25.4 Å². The second-order valence-electron chi connectivity index (χ2n) is 4.80. The van der Waals surface area contributed by atoms with E-state index in [-0.39, 0.29) is 24.8 Å².